The SMILES string of the molecule is Cc1ccc(CN2CCC3(CC[C@@H](C(=O)N(C)C)O3)CC2)s1. The molecule has 3 heterocycles. The minimum Gasteiger partial charge on any atom is -0.362 e. The Hall–Kier alpha value is -0.910. The minimum atomic E-state index is -0.221. The lowest BCUT2D eigenvalue weighted by atomic mass is 9.88. The van der Waals surface area contributed by atoms with Gasteiger partial charge >= 0.3 is 0 Å². The molecule has 1 amide bonds. The third-order valence-electron chi connectivity index (χ3n) is 4.91. The van der Waals surface area contributed by atoms with Crippen LogP contribution in [0.1, 0.15) is 35.4 Å². The maximum absolute atomic E-state index is 12.1. The summed E-state index contributed by atoms with van der Waals surface area (Å²) in [5, 5.41) is 0. The van der Waals surface area contributed by atoms with Crippen molar-refractivity contribution in [2.75, 3.05) is 27.2 Å². The Kier molecular flexibility index (Phi) is 4.57. The van der Waals surface area contributed by atoms with Crippen LogP contribution in [0.2, 0.25) is 0 Å². The van der Waals surface area contributed by atoms with Gasteiger partial charge < -0.3 is 9.64 Å². The van der Waals surface area contributed by atoms with Gasteiger partial charge in [-0.15, -0.1) is 11.3 Å². The average molecular weight is 322 g/mol. The first kappa shape index (κ1) is 16.0. The third kappa shape index (κ3) is 3.36. The molecule has 0 saturated carbocycles. The maximum Gasteiger partial charge on any atom is 0.251 e. The van der Waals surface area contributed by atoms with Gasteiger partial charge in [0.1, 0.15) is 6.10 Å². The quantitative estimate of drug-likeness (QED) is 0.858. The molecule has 1 spiro atoms. The first-order valence-electron chi connectivity index (χ1n) is 8.14. The molecular weight excluding hydrogens is 296 g/mol. The maximum atomic E-state index is 12.1. The molecule has 4 nitrogen and oxygen atoms in total. The van der Waals surface area contributed by atoms with E-state index >= 15 is 0 Å². The number of likely N-dealkylation sites (tertiary alicyclic amines) is 1. The summed E-state index contributed by atoms with van der Waals surface area (Å²) < 4.78 is 6.20. The van der Waals surface area contributed by atoms with Crippen molar-refractivity contribution in [3.8, 4) is 0 Å². The van der Waals surface area contributed by atoms with E-state index in [2.05, 4.69) is 24.0 Å². The Morgan fingerprint density at radius 2 is 2.09 bits per heavy atom. The van der Waals surface area contributed by atoms with Crippen LogP contribution in [0.15, 0.2) is 12.1 Å². The van der Waals surface area contributed by atoms with Gasteiger partial charge in [-0.2, -0.15) is 0 Å². The van der Waals surface area contributed by atoms with Gasteiger partial charge in [0.05, 0.1) is 5.60 Å². The van der Waals surface area contributed by atoms with Crippen molar-refractivity contribution in [3.05, 3.63) is 21.9 Å². The third-order valence-corrected chi connectivity index (χ3v) is 5.90. The molecule has 2 aliphatic rings. The monoisotopic (exact) mass is 322 g/mol. The van der Waals surface area contributed by atoms with E-state index in [1.165, 1.54) is 9.75 Å². The predicted octanol–water partition coefficient (Wildman–Crippen LogP) is 2.66. The van der Waals surface area contributed by atoms with E-state index in [1.54, 1.807) is 4.90 Å². The van der Waals surface area contributed by atoms with Gasteiger partial charge in [0, 0.05) is 43.5 Å². The average Bonchev–Trinajstić information content (AvgIpc) is 3.08. The molecule has 0 bridgehead atoms. The van der Waals surface area contributed by atoms with Crippen LogP contribution in [0.3, 0.4) is 0 Å². The number of piperidine rings is 1. The Morgan fingerprint density at radius 3 is 2.68 bits per heavy atom. The van der Waals surface area contributed by atoms with Crippen molar-refractivity contribution < 1.29 is 9.53 Å². The lowest BCUT2D eigenvalue weighted by Crippen LogP contribution is -2.45. The number of rotatable bonds is 3. The van der Waals surface area contributed by atoms with Crippen molar-refractivity contribution >= 4 is 17.2 Å². The topological polar surface area (TPSA) is 32.8 Å². The van der Waals surface area contributed by atoms with Gasteiger partial charge in [-0.1, -0.05) is 0 Å². The molecule has 1 aromatic heterocycles. The van der Waals surface area contributed by atoms with Crippen molar-refractivity contribution in [1.29, 1.82) is 0 Å². The summed E-state index contributed by atoms with van der Waals surface area (Å²) in [5.41, 5.74) is -0.0434. The van der Waals surface area contributed by atoms with E-state index in [4.69, 9.17) is 4.74 Å². The minimum absolute atomic E-state index is 0.0434. The highest BCUT2D eigenvalue weighted by atomic mass is 32.1. The molecule has 2 fully saturated rings. The van der Waals surface area contributed by atoms with Gasteiger partial charge in [0.15, 0.2) is 0 Å². The number of hydrogen-bond acceptors (Lipinski definition) is 4. The number of hydrogen-bond donors (Lipinski definition) is 0. The van der Waals surface area contributed by atoms with Crippen LogP contribution in [0.25, 0.3) is 0 Å². The van der Waals surface area contributed by atoms with Crippen LogP contribution >= 0.6 is 11.3 Å². The number of likely N-dealkylation sites (N-methyl/N-ethyl adjacent to an activating group) is 1. The Balaban J connectivity index is 1.52. The van der Waals surface area contributed by atoms with E-state index in [0.29, 0.717) is 0 Å². The Bertz CT molecular complexity index is 533. The number of thiophene rings is 1. The zero-order valence-corrected chi connectivity index (χ0v) is 14.6. The van der Waals surface area contributed by atoms with Gasteiger partial charge in [-0.05, 0) is 44.7 Å². The van der Waals surface area contributed by atoms with Crippen LogP contribution in [0.5, 0.6) is 0 Å². The summed E-state index contributed by atoms with van der Waals surface area (Å²) in [6, 6.07) is 4.44. The normalized spacial score (nSPS) is 24.8. The highest BCUT2D eigenvalue weighted by Crippen LogP contribution is 2.39. The molecule has 0 aliphatic carbocycles. The van der Waals surface area contributed by atoms with Crippen LogP contribution < -0.4 is 0 Å². The van der Waals surface area contributed by atoms with Crippen molar-refractivity contribution in [3.63, 3.8) is 0 Å². The standard InChI is InChI=1S/C17H26N2O2S/c1-13-4-5-14(22-13)12-19-10-8-17(9-11-19)7-6-15(21-17)16(20)18(2)3/h4-5,15H,6-12H2,1-3H3/t15-/m0/s1. The van der Waals surface area contributed by atoms with E-state index in [1.807, 2.05) is 25.4 Å². The molecule has 2 saturated heterocycles. The number of ether oxygens (including phenoxy) is 1. The summed E-state index contributed by atoms with van der Waals surface area (Å²) in [4.78, 5) is 19.1. The van der Waals surface area contributed by atoms with E-state index in [-0.39, 0.29) is 17.6 Å². The summed E-state index contributed by atoms with van der Waals surface area (Å²) in [6.07, 6.45) is 3.79. The van der Waals surface area contributed by atoms with Crippen LogP contribution in [-0.4, -0.2) is 54.6 Å². The molecule has 122 valence electrons. The predicted molar refractivity (Wildman–Crippen MR) is 89.1 cm³/mol. The van der Waals surface area contributed by atoms with Gasteiger partial charge in [0.2, 0.25) is 0 Å². The summed E-state index contributed by atoms with van der Waals surface area (Å²) >= 11 is 1.89. The summed E-state index contributed by atoms with van der Waals surface area (Å²) in [5.74, 6) is 0.119. The van der Waals surface area contributed by atoms with Crippen molar-refractivity contribution in [1.82, 2.24) is 9.80 Å². The number of nitrogens with zero attached hydrogens (tertiary/aromatic N) is 2. The zero-order chi connectivity index (χ0) is 15.7. The number of amides is 1. The van der Waals surface area contributed by atoms with Crippen LogP contribution in [-0.2, 0) is 16.1 Å². The summed E-state index contributed by atoms with van der Waals surface area (Å²) in [7, 11) is 3.62. The molecule has 0 unspecified atom stereocenters. The number of aryl methyl sites for hydroxylation is 1. The smallest absolute Gasteiger partial charge is 0.251 e. The highest BCUT2D eigenvalue weighted by Gasteiger charge is 2.44. The molecule has 5 heteroatoms. The fraction of sp³-hybridized carbons (Fsp3) is 0.706. The highest BCUT2D eigenvalue weighted by molar-refractivity contribution is 7.11. The Labute approximate surface area is 137 Å². The second kappa shape index (κ2) is 6.30. The zero-order valence-electron chi connectivity index (χ0n) is 13.8. The van der Waals surface area contributed by atoms with E-state index in [0.717, 1.165) is 45.3 Å². The lowest BCUT2D eigenvalue weighted by molar-refractivity contribution is -0.148. The fourth-order valence-corrected chi connectivity index (χ4v) is 4.49. The van der Waals surface area contributed by atoms with Gasteiger partial charge in [0.25, 0.3) is 5.91 Å². The molecule has 0 radical (unpaired) electrons. The molecule has 0 aromatic carbocycles. The molecule has 1 atom stereocenters. The van der Waals surface area contributed by atoms with Crippen LogP contribution in [0.4, 0.5) is 0 Å². The van der Waals surface area contributed by atoms with Crippen molar-refractivity contribution in [2.45, 2.75) is 50.9 Å². The van der Waals surface area contributed by atoms with E-state index < -0.39 is 0 Å². The number of carbonyl (C=O) groups is 1. The largest absolute Gasteiger partial charge is 0.362 e. The molecule has 0 N–H and O–H groups in total. The second-order valence-electron chi connectivity index (χ2n) is 6.85. The molecular formula is C17H26N2O2S. The molecule has 1 aromatic rings. The number of carbonyl (C=O) groups excluding carboxylic acids is 1. The molecule has 3 rings (SSSR count). The van der Waals surface area contributed by atoms with Gasteiger partial charge in [-0.25, -0.2) is 0 Å². The first-order chi connectivity index (χ1) is 10.5. The molecule has 2 aliphatic heterocycles. The lowest BCUT2D eigenvalue weighted by Gasteiger charge is -2.39. The van der Waals surface area contributed by atoms with Crippen LogP contribution in [0, 0.1) is 6.92 Å². The fourth-order valence-electron chi connectivity index (χ4n) is 3.55. The van der Waals surface area contributed by atoms with Crippen molar-refractivity contribution in [2.24, 2.45) is 0 Å². The first-order valence-corrected chi connectivity index (χ1v) is 8.96. The molecule has 22 heavy (non-hydrogen) atoms. The van der Waals surface area contributed by atoms with Gasteiger partial charge in [-0.3, -0.25) is 9.69 Å². The second-order valence-corrected chi connectivity index (χ2v) is 8.22. The summed E-state index contributed by atoms with van der Waals surface area (Å²) in [6.45, 7) is 5.35. The Morgan fingerprint density at radius 1 is 1.36 bits per heavy atom. The van der Waals surface area contributed by atoms with E-state index in [9.17, 15) is 4.79 Å².